The van der Waals surface area contributed by atoms with E-state index < -0.39 is 11.9 Å². The van der Waals surface area contributed by atoms with E-state index >= 15 is 0 Å². The number of nitrogen functional groups attached to an aromatic ring is 1. The number of hydrogen-bond acceptors (Lipinski definition) is 3. The highest BCUT2D eigenvalue weighted by Crippen LogP contribution is 2.08. The number of aromatic nitrogens is 1. The fourth-order valence-electron chi connectivity index (χ4n) is 1.16. The Balaban J connectivity index is 2.77. The average Bonchev–Trinajstić information content (AvgIpc) is 2.44. The van der Waals surface area contributed by atoms with Gasteiger partial charge in [-0.1, -0.05) is 0 Å². The zero-order chi connectivity index (χ0) is 11.6. The van der Waals surface area contributed by atoms with Crippen LogP contribution in [-0.4, -0.2) is 22.4 Å². The van der Waals surface area contributed by atoms with E-state index in [1.165, 1.54) is 13.0 Å². The van der Waals surface area contributed by atoms with Crippen LogP contribution in [0.3, 0.4) is 0 Å². The average molecular weight is 210 g/mol. The summed E-state index contributed by atoms with van der Waals surface area (Å²) >= 11 is 0. The molecule has 1 atom stereocenters. The van der Waals surface area contributed by atoms with Crippen molar-refractivity contribution in [2.24, 2.45) is 12.8 Å². The minimum absolute atomic E-state index is 0.375. The molecule has 1 rings (SSSR count). The summed E-state index contributed by atoms with van der Waals surface area (Å²) in [5.41, 5.74) is 11.4. The maximum atomic E-state index is 11.6. The molecule has 0 saturated heterocycles. The second-order valence-electron chi connectivity index (χ2n) is 3.37. The highest BCUT2D eigenvalue weighted by molar-refractivity contribution is 5.96. The molecule has 6 heteroatoms. The fourth-order valence-corrected chi connectivity index (χ4v) is 1.16. The van der Waals surface area contributed by atoms with Crippen LogP contribution in [0.15, 0.2) is 12.3 Å². The molecule has 0 aliphatic carbocycles. The molecule has 0 saturated carbocycles. The Morgan fingerprint density at radius 3 is 2.53 bits per heavy atom. The number of carbonyl (C=O) groups is 2. The summed E-state index contributed by atoms with van der Waals surface area (Å²) in [7, 11) is 1.69. The van der Waals surface area contributed by atoms with Crippen molar-refractivity contribution in [3.63, 3.8) is 0 Å². The summed E-state index contributed by atoms with van der Waals surface area (Å²) in [6.07, 6.45) is 1.61. The van der Waals surface area contributed by atoms with Crippen molar-refractivity contribution < 1.29 is 9.59 Å². The van der Waals surface area contributed by atoms with E-state index in [0.29, 0.717) is 11.4 Å². The van der Waals surface area contributed by atoms with Gasteiger partial charge in [0.15, 0.2) is 0 Å². The Kier molecular flexibility index (Phi) is 2.99. The van der Waals surface area contributed by atoms with Crippen LogP contribution in [-0.2, 0) is 11.8 Å². The summed E-state index contributed by atoms with van der Waals surface area (Å²) in [4.78, 5) is 22.3. The number of nitrogens with one attached hydrogen (secondary N) is 1. The summed E-state index contributed by atoms with van der Waals surface area (Å²) < 4.78 is 1.58. The second kappa shape index (κ2) is 4.04. The van der Waals surface area contributed by atoms with Gasteiger partial charge in [-0.2, -0.15) is 0 Å². The van der Waals surface area contributed by atoms with E-state index in [4.69, 9.17) is 11.5 Å². The molecule has 1 heterocycles. The summed E-state index contributed by atoms with van der Waals surface area (Å²) in [5, 5.41) is 2.46. The van der Waals surface area contributed by atoms with Gasteiger partial charge in [0.25, 0.3) is 5.91 Å². The molecule has 82 valence electrons. The molecular weight excluding hydrogens is 196 g/mol. The number of amides is 2. The molecule has 0 aliphatic rings. The summed E-state index contributed by atoms with van der Waals surface area (Å²) in [6, 6.07) is 0.830. The van der Waals surface area contributed by atoms with Gasteiger partial charge in [0.05, 0.1) is 5.69 Å². The van der Waals surface area contributed by atoms with Gasteiger partial charge in [-0.3, -0.25) is 9.59 Å². The number of rotatable bonds is 3. The van der Waals surface area contributed by atoms with Crippen LogP contribution >= 0.6 is 0 Å². The number of anilines is 1. The van der Waals surface area contributed by atoms with E-state index in [-0.39, 0.29) is 5.91 Å². The maximum Gasteiger partial charge on any atom is 0.268 e. The number of carbonyl (C=O) groups excluding carboxylic acids is 2. The topological polar surface area (TPSA) is 103 Å². The Bertz CT molecular complexity index is 397. The lowest BCUT2D eigenvalue weighted by Gasteiger charge is -2.10. The van der Waals surface area contributed by atoms with Crippen LogP contribution in [0.2, 0.25) is 0 Å². The Morgan fingerprint density at radius 1 is 1.53 bits per heavy atom. The van der Waals surface area contributed by atoms with Gasteiger partial charge in [-0.15, -0.1) is 0 Å². The number of primary amides is 1. The molecule has 2 amide bonds. The first-order chi connectivity index (χ1) is 6.91. The minimum atomic E-state index is -0.700. The monoisotopic (exact) mass is 210 g/mol. The molecular formula is C9H14N4O2. The zero-order valence-electron chi connectivity index (χ0n) is 8.65. The summed E-state index contributed by atoms with van der Waals surface area (Å²) in [5.74, 6) is -0.953. The predicted octanol–water partition coefficient (Wildman–Crippen LogP) is -0.789. The third kappa shape index (κ3) is 2.49. The van der Waals surface area contributed by atoms with Gasteiger partial charge >= 0.3 is 0 Å². The zero-order valence-corrected chi connectivity index (χ0v) is 8.65. The van der Waals surface area contributed by atoms with Crippen molar-refractivity contribution >= 4 is 17.5 Å². The maximum absolute atomic E-state index is 11.6. The fraction of sp³-hybridized carbons (Fsp3) is 0.333. The lowest BCUT2D eigenvalue weighted by atomic mass is 10.3. The van der Waals surface area contributed by atoms with Crippen molar-refractivity contribution in [2.75, 3.05) is 5.73 Å². The van der Waals surface area contributed by atoms with E-state index in [0.717, 1.165) is 0 Å². The van der Waals surface area contributed by atoms with Crippen LogP contribution < -0.4 is 16.8 Å². The first kappa shape index (κ1) is 11.1. The standard InChI is InChI=1S/C9H14N4O2/c1-5(8(11)14)12-9(15)7-3-6(10)4-13(7)2/h3-5H,10H2,1-2H3,(H2,11,14)(H,12,15). The smallest absolute Gasteiger partial charge is 0.268 e. The molecule has 0 aliphatic heterocycles. The third-order valence-corrected chi connectivity index (χ3v) is 2.03. The number of hydrogen-bond donors (Lipinski definition) is 3. The first-order valence-corrected chi connectivity index (χ1v) is 4.44. The SMILES string of the molecule is CC(NC(=O)c1cc(N)cn1C)C(N)=O. The molecule has 1 aromatic rings. The van der Waals surface area contributed by atoms with Crippen LogP contribution in [0.4, 0.5) is 5.69 Å². The first-order valence-electron chi connectivity index (χ1n) is 4.44. The quantitative estimate of drug-likeness (QED) is 0.609. The minimum Gasteiger partial charge on any atom is -0.397 e. The van der Waals surface area contributed by atoms with E-state index in [9.17, 15) is 9.59 Å². The van der Waals surface area contributed by atoms with Gasteiger partial charge < -0.3 is 21.4 Å². The molecule has 0 bridgehead atoms. The van der Waals surface area contributed by atoms with E-state index in [1.54, 1.807) is 17.8 Å². The number of nitrogens with two attached hydrogens (primary N) is 2. The van der Waals surface area contributed by atoms with Crippen molar-refractivity contribution in [1.82, 2.24) is 9.88 Å². The van der Waals surface area contributed by atoms with Crippen molar-refractivity contribution in [3.8, 4) is 0 Å². The molecule has 15 heavy (non-hydrogen) atoms. The second-order valence-corrected chi connectivity index (χ2v) is 3.37. The van der Waals surface area contributed by atoms with Gasteiger partial charge in [-0.05, 0) is 13.0 Å². The molecule has 0 spiro atoms. The van der Waals surface area contributed by atoms with Crippen molar-refractivity contribution in [3.05, 3.63) is 18.0 Å². The van der Waals surface area contributed by atoms with Gasteiger partial charge in [0.2, 0.25) is 5.91 Å². The van der Waals surface area contributed by atoms with Gasteiger partial charge in [0, 0.05) is 13.2 Å². The molecule has 0 aromatic carbocycles. The van der Waals surface area contributed by atoms with E-state index in [2.05, 4.69) is 5.32 Å². The Morgan fingerprint density at radius 2 is 2.13 bits per heavy atom. The normalized spacial score (nSPS) is 12.1. The lowest BCUT2D eigenvalue weighted by molar-refractivity contribution is -0.119. The number of nitrogens with zero attached hydrogens (tertiary/aromatic N) is 1. The van der Waals surface area contributed by atoms with Crippen molar-refractivity contribution in [1.29, 1.82) is 0 Å². The molecule has 1 unspecified atom stereocenters. The molecule has 6 nitrogen and oxygen atoms in total. The van der Waals surface area contributed by atoms with Gasteiger partial charge in [0.1, 0.15) is 11.7 Å². The third-order valence-electron chi connectivity index (χ3n) is 2.03. The molecule has 0 radical (unpaired) electrons. The molecule has 0 fully saturated rings. The van der Waals surface area contributed by atoms with E-state index in [1.807, 2.05) is 0 Å². The predicted molar refractivity (Wildman–Crippen MR) is 55.9 cm³/mol. The lowest BCUT2D eigenvalue weighted by Crippen LogP contribution is -2.42. The molecule has 1 aromatic heterocycles. The highest BCUT2D eigenvalue weighted by atomic mass is 16.2. The molecule has 5 N–H and O–H groups in total. The van der Waals surface area contributed by atoms with Crippen LogP contribution in [0, 0.1) is 0 Å². The Labute approximate surface area is 87.2 Å². The van der Waals surface area contributed by atoms with Crippen molar-refractivity contribution in [2.45, 2.75) is 13.0 Å². The van der Waals surface area contributed by atoms with Gasteiger partial charge in [-0.25, -0.2) is 0 Å². The van der Waals surface area contributed by atoms with Crippen LogP contribution in [0.25, 0.3) is 0 Å². The van der Waals surface area contributed by atoms with Crippen LogP contribution in [0.1, 0.15) is 17.4 Å². The summed E-state index contributed by atoms with van der Waals surface area (Å²) in [6.45, 7) is 1.52. The highest BCUT2D eigenvalue weighted by Gasteiger charge is 2.16. The Hall–Kier alpha value is -1.98. The largest absolute Gasteiger partial charge is 0.397 e. The van der Waals surface area contributed by atoms with Crippen LogP contribution in [0.5, 0.6) is 0 Å². The number of aryl methyl sites for hydroxylation is 1.